The van der Waals surface area contributed by atoms with Gasteiger partial charge in [0.15, 0.2) is 5.78 Å². The van der Waals surface area contributed by atoms with Gasteiger partial charge in [0.05, 0.1) is 29.8 Å². The zero-order chi connectivity index (χ0) is 28.2. The molecule has 38 heavy (non-hydrogen) atoms. The number of ether oxygens (including phenoxy) is 1. The first-order valence-electron chi connectivity index (χ1n) is 13.9. The molecule has 0 aromatic heterocycles. The molecule has 0 aromatic rings. The van der Waals surface area contributed by atoms with Crippen molar-refractivity contribution in [2.45, 2.75) is 102 Å². The summed E-state index contributed by atoms with van der Waals surface area (Å²) >= 11 is 0. The van der Waals surface area contributed by atoms with Crippen LogP contribution in [0, 0.1) is 40.4 Å². The number of carbonyl (C=O) groups excluding carboxylic acids is 2. The van der Waals surface area contributed by atoms with Crippen LogP contribution in [-0.4, -0.2) is 78.0 Å². The first kappa shape index (κ1) is 27.8. The minimum absolute atomic E-state index is 0.128. The summed E-state index contributed by atoms with van der Waals surface area (Å²) in [5.41, 5.74) is -4.99. The first-order chi connectivity index (χ1) is 17.5. The maximum Gasteiger partial charge on any atom is 0.309 e. The Kier molecular flexibility index (Phi) is 6.29. The van der Waals surface area contributed by atoms with Gasteiger partial charge in [-0.05, 0) is 75.0 Å². The highest BCUT2D eigenvalue weighted by Gasteiger charge is 2.72. The Balaban J connectivity index is 1.53. The molecule has 1 unspecified atom stereocenters. The molecule has 13 atom stereocenters. The predicted octanol–water partition coefficient (Wildman–Crippen LogP) is 1.55. The predicted molar refractivity (Wildman–Crippen MR) is 135 cm³/mol. The SMILES string of the molecule is C[C@@H]1C(=O)O[C@H](C)[C@H]1/C=C(\O)[C@](C)(O)[C@H]1CC[C@@]2(O)C3=CC(=O)[C@@H]4C[C@@H](O)[C@@H](O)C[C@]4(C)[C@H]3CC(O)[C@]12C. The van der Waals surface area contributed by atoms with Crippen molar-refractivity contribution in [3.05, 3.63) is 23.5 Å². The number of carbonyl (C=O) groups is 2. The molecule has 0 bridgehead atoms. The molecule has 0 amide bonds. The van der Waals surface area contributed by atoms with Crippen LogP contribution in [-0.2, 0) is 14.3 Å². The molecule has 1 aliphatic heterocycles. The van der Waals surface area contributed by atoms with Crippen LogP contribution in [0.25, 0.3) is 0 Å². The molecule has 5 aliphatic rings. The topological polar surface area (TPSA) is 165 Å². The molecule has 9 nitrogen and oxygen atoms in total. The van der Waals surface area contributed by atoms with Gasteiger partial charge >= 0.3 is 5.97 Å². The summed E-state index contributed by atoms with van der Waals surface area (Å²) in [6, 6.07) is 0. The van der Waals surface area contributed by atoms with Crippen molar-refractivity contribution >= 4 is 11.8 Å². The molecule has 1 saturated heterocycles. The average molecular weight is 535 g/mol. The van der Waals surface area contributed by atoms with Crippen LogP contribution in [0.4, 0.5) is 0 Å². The van der Waals surface area contributed by atoms with E-state index in [1.165, 1.54) is 19.1 Å². The Morgan fingerprint density at radius 2 is 1.76 bits per heavy atom. The number of aliphatic hydroxyl groups is 6. The fourth-order valence-electron chi connectivity index (χ4n) is 8.99. The van der Waals surface area contributed by atoms with Crippen molar-refractivity contribution in [1.29, 1.82) is 0 Å². The van der Waals surface area contributed by atoms with E-state index in [2.05, 4.69) is 0 Å². The molecule has 9 heteroatoms. The minimum Gasteiger partial charge on any atom is -0.510 e. The van der Waals surface area contributed by atoms with Crippen molar-refractivity contribution in [3.63, 3.8) is 0 Å². The summed E-state index contributed by atoms with van der Waals surface area (Å²) in [5.74, 6) is -3.53. The number of aliphatic hydroxyl groups excluding tert-OH is 4. The van der Waals surface area contributed by atoms with E-state index in [0.29, 0.717) is 5.57 Å². The number of hydrogen-bond donors (Lipinski definition) is 6. The largest absolute Gasteiger partial charge is 0.510 e. The van der Waals surface area contributed by atoms with Crippen molar-refractivity contribution in [2.75, 3.05) is 0 Å². The molecule has 0 spiro atoms. The van der Waals surface area contributed by atoms with E-state index in [1.54, 1.807) is 20.8 Å². The zero-order valence-electron chi connectivity index (χ0n) is 22.8. The van der Waals surface area contributed by atoms with E-state index in [1.807, 2.05) is 6.92 Å². The molecule has 5 rings (SSSR count). The summed E-state index contributed by atoms with van der Waals surface area (Å²) in [7, 11) is 0. The van der Waals surface area contributed by atoms with E-state index in [4.69, 9.17) is 4.74 Å². The zero-order valence-corrected chi connectivity index (χ0v) is 22.8. The second-order valence-electron chi connectivity index (χ2n) is 13.4. The van der Waals surface area contributed by atoms with E-state index in [9.17, 15) is 40.2 Å². The quantitative estimate of drug-likeness (QED) is 0.233. The highest BCUT2D eigenvalue weighted by Crippen LogP contribution is 2.68. The number of cyclic esters (lactones) is 1. The van der Waals surface area contributed by atoms with E-state index < -0.39 is 76.0 Å². The molecular weight excluding hydrogens is 492 g/mol. The maximum absolute atomic E-state index is 13.3. The van der Waals surface area contributed by atoms with E-state index in [0.717, 1.165) is 0 Å². The van der Waals surface area contributed by atoms with Gasteiger partial charge in [-0.2, -0.15) is 0 Å². The second kappa shape index (κ2) is 8.61. The normalized spacial score (nSPS) is 52.4. The van der Waals surface area contributed by atoms with E-state index >= 15 is 0 Å². The van der Waals surface area contributed by atoms with Crippen LogP contribution in [0.2, 0.25) is 0 Å². The number of esters is 1. The third kappa shape index (κ3) is 3.48. The lowest BCUT2D eigenvalue weighted by atomic mass is 9.45. The fourth-order valence-corrected chi connectivity index (χ4v) is 8.99. The van der Waals surface area contributed by atoms with Gasteiger partial charge in [0, 0.05) is 23.2 Å². The summed E-state index contributed by atoms with van der Waals surface area (Å²) in [6.45, 7) is 8.50. The Hall–Kier alpha value is -1.78. The smallest absolute Gasteiger partial charge is 0.309 e. The van der Waals surface area contributed by atoms with Crippen molar-refractivity contribution in [1.82, 2.24) is 0 Å². The molecular formula is C29H42O9. The van der Waals surface area contributed by atoms with Gasteiger partial charge in [0.25, 0.3) is 0 Å². The van der Waals surface area contributed by atoms with Crippen LogP contribution < -0.4 is 0 Å². The number of fused-ring (bicyclic) bond motifs is 5. The highest BCUT2D eigenvalue weighted by molar-refractivity contribution is 5.95. The monoisotopic (exact) mass is 534 g/mol. The summed E-state index contributed by atoms with van der Waals surface area (Å²) < 4.78 is 5.27. The number of rotatable bonds is 3. The standard InChI is InChI=1S/C29H42O9/c1-13-15(14(2)38-25(13)35)8-24(34)28(5,36)22-6-7-29(37)17-9-19(30)18-10-20(31)21(32)12-26(18,3)16(17)11-23(33)27(22,29)4/h8-9,13-16,18,20-23,31-34,36-37H,6-7,10-12H2,1-5H3/b24-8-/t13-,14+,15-,16-,18-,20+,21-,22-,23?,26+,27-,28+,29+/m0/s1. The Labute approximate surface area is 223 Å². The lowest BCUT2D eigenvalue weighted by Gasteiger charge is -2.62. The molecule has 1 heterocycles. The van der Waals surface area contributed by atoms with Crippen molar-refractivity contribution in [2.24, 2.45) is 40.4 Å². The van der Waals surface area contributed by atoms with Gasteiger partial charge in [-0.25, -0.2) is 0 Å². The number of ketones is 1. The van der Waals surface area contributed by atoms with Crippen LogP contribution in [0.15, 0.2) is 23.5 Å². The molecule has 6 N–H and O–H groups in total. The molecule has 212 valence electrons. The molecule has 0 radical (unpaired) electrons. The second-order valence-corrected chi connectivity index (χ2v) is 13.4. The van der Waals surface area contributed by atoms with Crippen LogP contribution in [0.3, 0.4) is 0 Å². The lowest BCUT2D eigenvalue weighted by molar-refractivity contribution is -0.195. The van der Waals surface area contributed by atoms with Gasteiger partial charge in [0.1, 0.15) is 17.5 Å². The Morgan fingerprint density at radius 1 is 1.11 bits per heavy atom. The number of hydrogen-bond acceptors (Lipinski definition) is 9. The summed E-state index contributed by atoms with van der Waals surface area (Å²) in [6.07, 6.45) is 0.357. The van der Waals surface area contributed by atoms with Gasteiger partial charge in [-0.15, -0.1) is 0 Å². The van der Waals surface area contributed by atoms with Crippen LogP contribution in [0.1, 0.15) is 66.7 Å². The molecule has 4 fully saturated rings. The number of allylic oxidation sites excluding steroid dienone is 1. The van der Waals surface area contributed by atoms with Crippen molar-refractivity contribution in [3.8, 4) is 0 Å². The molecule has 3 saturated carbocycles. The maximum atomic E-state index is 13.3. The fraction of sp³-hybridized carbons (Fsp3) is 0.793. The highest BCUT2D eigenvalue weighted by atomic mass is 16.6. The van der Waals surface area contributed by atoms with Gasteiger partial charge in [-0.3, -0.25) is 9.59 Å². The summed E-state index contributed by atoms with van der Waals surface area (Å²) in [5, 5.41) is 67.7. The third-order valence-corrected chi connectivity index (χ3v) is 11.6. The average Bonchev–Trinajstić information content (AvgIpc) is 3.25. The van der Waals surface area contributed by atoms with Crippen LogP contribution in [0.5, 0.6) is 0 Å². The molecule has 4 aliphatic carbocycles. The Morgan fingerprint density at radius 3 is 2.37 bits per heavy atom. The van der Waals surface area contributed by atoms with Crippen molar-refractivity contribution < 1.29 is 45.0 Å². The Bertz CT molecular complexity index is 1100. The van der Waals surface area contributed by atoms with E-state index in [-0.39, 0.29) is 49.6 Å². The van der Waals surface area contributed by atoms with Gasteiger partial charge < -0.3 is 35.4 Å². The third-order valence-electron chi connectivity index (χ3n) is 11.6. The molecule has 0 aromatic carbocycles. The van der Waals surface area contributed by atoms with Crippen LogP contribution >= 0.6 is 0 Å². The minimum atomic E-state index is -1.84. The first-order valence-corrected chi connectivity index (χ1v) is 13.9. The van der Waals surface area contributed by atoms with Gasteiger partial charge in [-0.1, -0.05) is 20.8 Å². The lowest BCUT2D eigenvalue weighted by Crippen LogP contribution is -2.66. The van der Waals surface area contributed by atoms with Gasteiger partial charge in [0.2, 0.25) is 0 Å². The summed E-state index contributed by atoms with van der Waals surface area (Å²) in [4.78, 5) is 25.4.